The largest absolute Gasteiger partial charge is 0.508 e. The summed E-state index contributed by atoms with van der Waals surface area (Å²) in [5.41, 5.74) is 0.396. The second kappa shape index (κ2) is 15.7. The predicted molar refractivity (Wildman–Crippen MR) is 188 cm³/mol. The van der Waals surface area contributed by atoms with Gasteiger partial charge in [-0.05, 0) is 90.1 Å². The molecular weight excluding hydrogens is 638 g/mol. The van der Waals surface area contributed by atoms with Crippen molar-refractivity contribution in [3.63, 3.8) is 0 Å². The van der Waals surface area contributed by atoms with Crippen LogP contribution < -0.4 is 10.6 Å². The molecule has 0 aliphatic heterocycles. The van der Waals surface area contributed by atoms with Crippen molar-refractivity contribution in [2.24, 2.45) is 0 Å². The van der Waals surface area contributed by atoms with Gasteiger partial charge in [-0.2, -0.15) is 0 Å². The van der Waals surface area contributed by atoms with Gasteiger partial charge in [-0.3, -0.25) is 9.59 Å². The van der Waals surface area contributed by atoms with Crippen LogP contribution in [0.15, 0.2) is 72.8 Å². The standard InChI is InChI=1S/C39H49N3O8/c1-24-12-11-15-29(33(24)44)32(34(45)40-31(36(47)49-38(2,3)4)23-25-13-9-8-10-14-25)42(27-18-19-27)35(46)30(41-37(48)50-39(5,6)7)22-26-16-20-28(43)21-17-26/h8-17,20-21,27,30-32,43-44H,18-19,22-23H2,1-7H3,(H,40,45)(H,41,48). The van der Waals surface area contributed by atoms with Crippen LogP contribution in [-0.2, 0) is 36.7 Å². The number of esters is 1. The first-order valence-corrected chi connectivity index (χ1v) is 16.9. The van der Waals surface area contributed by atoms with Gasteiger partial charge in [-0.1, -0.05) is 60.7 Å². The van der Waals surface area contributed by atoms with Crippen LogP contribution in [0.5, 0.6) is 11.5 Å². The summed E-state index contributed by atoms with van der Waals surface area (Å²) in [6.07, 6.45) is 0.483. The third kappa shape index (κ3) is 10.7. The highest BCUT2D eigenvalue weighted by molar-refractivity contribution is 5.95. The highest BCUT2D eigenvalue weighted by atomic mass is 16.6. The second-order valence-corrected chi connectivity index (χ2v) is 14.7. The Hall–Kier alpha value is -5.06. The zero-order valence-corrected chi connectivity index (χ0v) is 29.9. The average molecular weight is 688 g/mol. The molecule has 4 N–H and O–H groups in total. The molecule has 0 bridgehead atoms. The van der Waals surface area contributed by atoms with Crippen molar-refractivity contribution in [3.05, 3.63) is 95.1 Å². The average Bonchev–Trinajstić information content (AvgIpc) is 3.85. The quantitative estimate of drug-likeness (QED) is 0.178. The van der Waals surface area contributed by atoms with Crippen LogP contribution in [0.2, 0.25) is 0 Å². The van der Waals surface area contributed by atoms with Crippen LogP contribution in [-0.4, -0.2) is 68.3 Å². The molecule has 3 unspecified atom stereocenters. The third-order valence-electron chi connectivity index (χ3n) is 7.94. The van der Waals surface area contributed by atoms with Gasteiger partial charge in [0.25, 0.3) is 0 Å². The number of carbonyl (C=O) groups excluding carboxylic acids is 4. The smallest absolute Gasteiger partial charge is 0.408 e. The van der Waals surface area contributed by atoms with Crippen LogP contribution in [0.3, 0.4) is 0 Å². The first-order chi connectivity index (χ1) is 23.4. The molecule has 0 spiro atoms. The topological polar surface area (TPSA) is 154 Å². The molecule has 0 aromatic heterocycles. The number of hydrogen-bond acceptors (Lipinski definition) is 8. The van der Waals surface area contributed by atoms with E-state index in [4.69, 9.17) is 9.47 Å². The number of aryl methyl sites for hydroxylation is 1. The summed E-state index contributed by atoms with van der Waals surface area (Å²) in [4.78, 5) is 57.4. The van der Waals surface area contributed by atoms with E-state index in [2.05, 4.69) is 10.6 Å². The monoisotopic (exact) mass is 687 g/mol. The van der Waals surface area contributed by atoms with E-state index in [1.807, 2.05) is 30.3 Å². The Morgan fingerprint density at radius 3 is 1.92 bits per heavy atom. The number of para-hydroxylation sites is 1. The third-order valence-corrected chi connectivity index (χ3v) is 7.94. The molecule has 3 aromatic rings. The first-order valence-electron chi connectivity index (χ1n) is 16.9. The highest BCUT2D eigenvalue weighted by Gasteiger charge is 2.46. The van der Waals surface area contributed by atoms with E-state index in [1.165, 1.54) is 17.0 Å². The summed E-state index contributed by atoms with van der Waals surface area (Å²) in [5, 5.41) is 26.7. The van der Waals surface area contributed by atoms with Crippen molar-refractivity contribution in [1.82, 2.24) is 15.5 Å². The molecule has 0 heterocycles. The van der Waals surface area contributed by atoms with E-state index in [0.717, 1.165) is 5.56 Å². The Balaban J connectivity index is 1.78. The van der Waals surface area contributed by atoms with E-state index in [-0.39, 0.29) is 29.9 Å². The summed E-state index contributed by atoms with van der Waals surface area (Å²) in [5.74, 6) is -2.05. The fourth-order valence-corrected chi connectivity index (χ4v) is 5.55. The van der Waals surface area contributed by atoms with E-state index in [0.29, 0.717) is 24.0 Å². The van der Waals surface area contributed by atoms with Gasteiger partial charge >= 0.3 is 12.1 Å². The maximum Gasteiger partial charge on any atom is 0.408 e. The van der Waals surface area contributed by atoms with Gasteiger partial charge in [0, 0.05) is 24.4 Å². The minimum Gasteiger partial charge on any atom is -0.508 e. The molecule has 1 aliphatic rings. The molecule has 268 valence electrons. The second-order valence-electron chi connectivity index (χ2n) is 14.7. The number of hydrogen-bond donors (Lipinski definition) is 4. The molecular formula is C39H49N3O8. The number of phenols is 2. The Kier molecular flexibility index (Phi) is 11.8. The molecule has 11 heteroatoms. The number of phenolic OH excluding ortho intramolecular Hbond substituents is 2. The lowest BCUT2D eigenvalue weighted by Crippen LogP contribution is -2.56. The number of nitrogens with zero attached hydrogens (tertiary/aromatic N) is 1. The lowest BCUT2D eigenvalue weighted by Gasteiger charge is -2.36. The summed E-state index contributed by atoms with van der Waals surface area (Å²) in [6.45, 7) is 12.0. The molecule has 1 aliphatic carbocycles. The molecule has 1 saturated carbocycles. The highest BCUT2D eigenvalue weighted by Crippen LogP contribution is 2.39. The molecule has 3 amide bonds. The maximum atomic E-state index is 14.8. The van der Waals surface area contributed by atoms with E-state index in [9.17, 15) is 29.4 Å². The molecule has 0 saturated heterocycles. The summed E-state index contributed by atoms with van der Waals surface area (Å²) in [6, 6.07) is 16.3. The first kappa shape index (κ1) is 37.8. The van der Waals surface area contributed by atoms with Gasteiger partial charge in [-0.25, -0.2) is 9.59 Å². The van der Waals surface area contributed by atoms with Gasteiger partial charge < -0.3 is 35.2 Å². The number of alkyl carbamates (subject to hydrolysis) is 1. The molecule has 11 nitrogen and oxygen atoms in total. The minimum atomic E-state index is -1.38. The number of ether oxygens (including phenoxy) is 2. The number of aromatic hydroxyl groups is 2. The Labute approximate surface area is 294 Å². The maximum absolute atomic E-state index is 14.8. The van der Waals surface area contributed by atoms with Gasteiger partial charge in [0.15, 0.2) is 0 Å². The van der Waals surface area contributed by atoms with E-state index in [1.54, 1.807) is 78.8 Å². The number of benzene rings is 3. The lowest BCUT2D eigenvalue weighted by atomic mass is 9.97. The van der Waals surface area contributed by atoms with Crippen LogP contribution in [0, 0.1) is 6.92 Å². The molecule has 0 radical (unpaired) electrons. The van der Waals surface area contributed by atoms with Crippen LogP contribution in [0.1, 0.15) is 82.7 Å². The van der Waals surface area contributed by atoms with Crippen LogP contribution in [0.25, 0.3) is 0 Å². The molecule has 1 fully saturated rings. The van der Waals surface area contributed by atoms with Crippen LogP contribution >= 0.6 is 0 Å². The zero-order chi connectivity index (χ0) is 36.8. The van der Waals surface area contributed by atoms with E-state index >= 15 is 0 Å². The predicted octanol–water partition coefficient (Wildman–Crippen LogP) is 5.64. The van der Waals surface area contributed by atoms with Crippen molar-refractivity contribution >= 4 is 23.9 Å². The molecule has 3 aromatic carbocycles. The zero-order valence-electron chi connectivity index (χ0n) is 29.9. The van der Waals surface area contributed by atoms with Crippen molar-refractivity contribution in [3.8, 4) is 11.5 Å². The SMILES string of the molecule is Cc1cccc(C(C(=O)NC(Cc2ccccc2)C(=O)OC(C)(C)C)N(C(=O)C(Cc2ccc(O)cc2)NC(=O)OC(C)(C)C)C2CC2)c1O. The van der Waals surface area contributed by atoms with Crippen molar-refractivity contribution < 1.29 is 38.9 Å². The Morgan fingerprint density at radius 1 is 0.760 bits per heavy atom. The Bertz CT molecular complexity index is 1660. The normalized spacial score (nSPS) is 14.9. The molecule has 4 rings (SSSR count). The van der Waals surface area contributed by atoms with Crippen LogP contribution in [0.4, 0.5) is 4.79 Å². The van der Waals surface area contributed by atoms with Crippen molar-refractivity contribution in [2.45, 2.75) is 110 Å². The summed E-state index contributed by atoms with van der Waals surface area (Å²) in [7, 11) is 0. The lowest BCUT2D eigenvalue weighted by molar-refractivity contribution is -0.159. The molecule has 3 atom stereocenters. The summed E-state index contributed by atoms with van der Waals surface area (Å²) < 4.78 is 11.2. The fourth-order valence-electron chi connectivity index (χ4n) is 5.55. The van der Waals surface area contributed by atoms with Crippen molar-refractivity contribution in [2.75, 3.05) is 0 Å². The van der Waals surface area contributed by atoms with Gasteiger partial charge in [0.05, 0.1) is 0 Å². The number of nitrogens with one attached hydrogen (secondary N) is 2. The van der Waals surface area contributed by atoms with E-state index < -0.39 is 59.2 Å². The summed E-state index contributed by atoms with van der Waals surface area (Å²) >= 11 is 0. The van der Waals surface area contributed by atoms with Crippen molar-refractivity contribution in [1.29, 1.82) is 0 Å². The number of amides is 3. The van der Waals surface area contributed by atoms with Gasteiger partial charge in [0.2, 0.25) is 11.8 Å². The van der Waals surface area contributed by atoms with Gasteiger partial charge in [0.1, 0.15) is 40.8 Å². The number of carbonyl (C=O) groups is 4. The molecule has 50 heavy (non-hydrogen) atoms. The Morgan fingerprint density at radius 2 is 1.34 bits per heavy atom. The van der Waals surface area contributed by atoms with Gasteiger partial charge in [-0.15, -0.1) is 0 Å². The fraction of sp³-hybridized carbons (Fsp3) is 0.436. The number of rotatable bonds is 12. The minimum absolute atomic E-state index is 0.0181.